The lowest BCUT2D eigenvalue weighted by molar-refractivity contribution is -0.165. The predicted octanol–water partition coefficient (Wildman–Crippen LogP) is 4.10. The van der Waals surface area contributed by atoms with E-state index in [1.807, 2.05) is 19.2 Å². The van der Waals surface area contributed by atoms with Crippen LogP contribution in [0.3, 0.4) is 0 Å². The van der Waals surface area contributed by atoms with Crippen LogP contribution in [-0.4, -0.2) is 39.5 Å². The molecule has 4 aliphatic carbocycles. The first-order chi connectivity index (χ1) is 14.3. The second-order valence-corrected chi connectivity index (χ2v) is 11.3. The Labute approximate surface area is 180 Å². The maximum atomic E-state index is 13.2. The molecule has 5 heteroatoms. The maximum Gasteiger partial charge on any atom is 0.157 e. The molecule has 1 aromatic rings. The second-order valence-electron chi connectivity index (χ2n) is 11.3. The molecule has 4 fully saturated rings. The number of nitrogens with zero attached hydrogens (tertiary/aromatic N) is 2. The molecule has 166 valence electrons. The van der Waals surface area contributed by atoms with Crippen LogP contribution in [-0.2, 0) is 16.1 Å². The molecule has 0 aliphatic heterocycles. The maximum absolute atomic E-state index is 13.2. The first-order valence-corrected chi connectivity index (χ1v) is 12.1. The summed E-state index contributed by atoms with van der Waals surface area (Å²) >= 11 is 0. The van der Waals surface area contributed by atoms with Crippen molar-refractivity contribution in [3.63, 3.8) is 0 Å². The zero-order chi connectivity index (χ0) is 21.1. The van der Waals surface area contributed by atoms with Gasteiger partial charge in [-0.1, -0.05) is 6.92 Å². The van der Waals surface area contributed by atoms with Gasteiger partial charge in [-0.3, -0.25) is 9.48 Å². The Morgan fingerprint density at radius 3 is 2.73 bits per heavy atom. The van der Waals surface area contributed by atoms with Gasteiger partial charge in [0.15, 0.2) is 5.78 Å². The normalized spacial score (nSPS) is 47.9. The molecule has 9 unspecified atom stereocenters. The van der Waals surface area contributed by atoms with Crippen molar-refractivity contribution in [2.45, 2.75) is 83.5 Å². The fourth-order valence-electron chi connectivity index (χ4n) is 8.56. The molecule has 9 atom stereocenters. The van der Waals surface area contributed by atoms with E-state index in [1.54, 1.807) is 18.0 Å². The van der Waals surface area contributed by atoms with Crippen molar-refractivity contribution in [3.05, 3.63) is 18.5 Å². The van der Waals surface area contributed by atoms with E-state index in [9.17, 15) is 9.90 Å². The molecule has 0 spiro atoms. The number of Topliss-reactive ketones (excluding diaryl/α,β-unsaturated/α-hetero) is 1. The van der Waals surface area contributed by atoms with Gasteiger partial charge in [-0.2, -0.15) is 5.10 Å². The molecule has 30 heavy (non-hydrogen) atoms. The van der Waals surface area contributed by atoms with Crippen molar-refractivity contribution in [2.75, 3.05) is 7.11 Å². The summed E-state index contributed by atoms with van der Waals surface area (Å²) in [5.41, 5.74) is -0.539. The summed E-state index contributed by atoms with van der Waals surface area (Å²) < 4.78 is 7.52. The number of carbonyl (C=O) groups excluding carboxylic acids is 1. The van der Waals surface area contributed by atoms with Crippen molar-refractivity contribution in [1.29, 1.82) is 0 Å². The number of ether oxygens (including phenoxy) is 1. The Bertz CT molecular complexity index is 775. The number of hydrogen-bond acceptors (Lipinski definition) is 4. The summed E-state index contributed by atoms with van der Waals surface area (Å²) in [5, 5.41) is 15.1. The average Bonchev–Trinajstić information content (AvgIpc) is 3.33. The summed E-state index contributed by atoms with van der Waals surface area (Å²) in [7, 11) is 1.75. The Balaban J connectivity index is 1.33. The summed E-state index contributed by atoms with van der Waals surface area (Å²) in [6.45, 7) is 4.81. The summed E-state index contributed by atoms with van der Waals surface area (Å²) in [6.07, 6.45) is 12.7. The Hall–Kier alpha value is -1.20. The highest BCUT2D eigenvalue weighted by molar-refractivity contribution is 5.82. The van der Waals surface area contributed by atoms with Crippen LogP contribution in [0.2, 0.25) is 0 Å². The van der Waals surface area contributed by atoms with Gasteiger partial charge in [-0.05, 0) is 99.4 Å². The fraction of sp³-hybridized carbons (Fsp3) is 0.840. The quantitative estimate of drug-likeness (QED) is 0.806. The first-order valence-electron chi connectivity index (χ1n) is 12.1. The first kappa shape index (κ1) is 20.7. The highest BCUT2D eigenvalue weighted by Gasteiger charge is 2.59. The SMILES string of the molecule is COC1CC2C(CCC3C2CCC2(C)C(C(=O)Cn4cccn4)CCC32)CC1(C)O. The van der Waals surface area contributed by atoms with E-state index in [4.69, 9.17) is 4.74 Å². The number of aliphatic hydroxyl groups is 1. The molecule has 0 radical (unpaired) electrons. The van der Waals surface area contributed by atoms with E-state index in [-0.39, 0.29) is 17.4 Å². The smallest absolute Gasteiger partial charge is 0.157 e. The molecular formula is C25H38N2O3. The lowest BCUT2D eigenvalue weighted by Crippen LogP contribution is -2.55. The summed E-state index contributed by atoms with van der Waals surface area (Å²) in [5.74, 6) is 4.04. The molecular weight excluding hydrogens is 376 g/mol. The van der Waals surface area contributed by atoms with Crippen molar-refractivity contribution in [3.8, 4) is 0 Å². The van der Waals surface area contributed by atoms with Crippen LogP contribution in [0.1, 0.15) is 65.2 Å². The molecule has 0 bridgehead atoms. The number of carbonyl (C=O) groups is 1. The van der Waals surface area contributed by atoms with Crippen molar-refractivity contribution in [2.24, 2.45) is 40.9 Å². The predicted molar refractivity (Wildman–Crippen MR) is 115 cm³/mol. The van der Waals surface area contributed by atoms with Gasteiger partial charge in [0.2, 0.25) is 0 Å². The average molecular weight is 415 g/mol. The zero-order valence-electron chi connectivity index (χ0n) is 18.8. The van der Waals surface area contributed by atoms with Crippen molar-refractivity contribution in [1.82, 2.24) is 9.78 Å². The fourth-order valence-corrected chi connectivity index (χ4v) is 8.56. The van der Waals surface area contributed by atoms with Crippen LogP contribution in [0.4, 0.5) is 0 Å². The minimum atomic E-state index is -0.691. The number of hydrogen-bond donors (Lipinski definition) is 1. The van der Waals surface area contributed by atoms with E-state index in [2.05, 4.69) is 12.0 Å². The van der Waals surface area contributed by atoms with Gasteiger partial charge in [0.25, 0.3) is 0 Å². The Kier molecular flexibility index (Phi) is 5.13. The van der Waals surface area contributed by atoms with Gasteiger partial charge in [0.05, 0.1) is 18.2 Å². The zero-order valence-corrected chi connectivity index (χ0v) is 18.8. The van der Waals surface area contributed by atoms with Gasteiger partial charge in [-0.25, -0.2) is 0 Å². The number of ketones is 1. The van der Waals surface area contributed by atoms with Gasteiger partial charge >= 0.3 is 0 Å². The molecule has 5 nitrogen and oxygen atoms in total. The molecule has 5 rings (SSSR count). The molecule has 1 heterocycles. The molecule has 1 aromatic heterocycles. The third kappa shape index (κ3) is 3.19. The number of aromatic nitrogens is 2. The third-order valence-electron chi connectivity index (χ3n) is 9.92. The van der Waals surface area contributed by atoms with Gasteiger partial charge in [-0.15, -0.1) is 0 Å². The minimum absolute atomic E-state index is 0.0437. The van der Waals surface area contributed by atoms with Crippen LogP contribution >= 0.6 is 0 Å². The van der Waals surface area contributed by atoms with Crippen molar-refractivity contribution < 1.29 is 14.6 Å². The van der Waals surface area contributed by atoms with E-state index in [0.29, 0.717) is 30.1 Å². The van der Waals surface area contributed by atoms with E-state index in [1.165, 1.54) is 32.1 Å². The second kappa shape index (κ2) is 7.44. The van der Waals surface area contributed by atoms with E-state index in [0.717, 1.165) is 31.1 Å². The Morgan fingerprint density at radius 1 is 1.17 bits per heavy atom. The highest BCUT2D eigenvalue weighted by atomic mass is 16.5. The summed E-state index contributed by atoms with van der Waals surface area (Å²) in [4.78, 5) is 13.2. The molecule has 4 aliphatic rings. The summed E-state index contributed by atoms with van der Waals surface area (Å²) in [6, 6.07) is 1.89. The van der Waals surface area contributed by atoms with Crippen LogP contribution in [0.15, 0.2) is 18.5 Å². The molecule has 1 N–H and O–H groups in total. The van der Waals surface area contributed by atoms with Crippen LogP contribution in [0.5, 0.6) is 0 Å². The van der Waals surface area contributed by atoms with Crippen LogP contribution < -0.4 is 0 Å². The molecule has 4 saturated carbocycles. The van der Waals surface area contributed by atoms with Crippen molar-refractivity contribution >= 4 is 5.78 Å². The lowest BCUT2D eigenvalue weighted by atomic mass is 9.48. The van der Waals surface area contributed by atoms with Gasteiger partial charge in [0, 0.05) is 25.4 Å². The van der Waals surface area contributed by atoms with Crippen LogP contribution in [0, 0.1) is 40.9 Å². The number of methoxy groups -OCH3 is 1. The monoisotopic (exact) mass is 414 g/mol. The lowest BCUT2D eigenvalue weighted by Gasteiger charge is -2.58. The largest absolute Gasteiger partial charge is 0.387 e. The number of rotatable bonds is 4. The minimum Gasteiger partial charge on any atom is -0.387 e. The van der Waals surface area contributed by atoms with E-state index < -0.39 is 5.60 Å². The number of fused-ring (bicyclic) bond motifs is 5. The Morgan fingerprint density at radius 2 is 2.00 bits per heavy atom. The molecule has 0 aromatic carbocycles. The molecule has 0 saturated heterocycles. The van der Waals surface area contributed by atoms with Gasteiger partial charge in [0.1, 0.15) is 0 Å². The highest BCUT2D eigenvalue weighted by Crippen LogP contribution is 2.64. The third-order valence-corrected chi connectivity index (χ3v) is 9.92. The standard InChI is InChI=1S/C25H38N2O3/c1-24-10-9-17-18(6-5-16-14-25(2,29)23(30-3)13-19(16)17)20(24)7-8-21(24)22(28)15-27-12-4-11-26-27/h4,11-12,16-21,23,29H,5-10,13-15H2,1-3H3. The van der Waals surface area contributed by atoms with Gasteiger partial charge < -0.3 is 9.84 Å². The van der Waals surface area contributed by atoms with E-state index >= 15 is 0 Å². The topological polar surface area (TPSA) is 64.4 Å². The van der Waals surface area contributed by atoms with Crippen LogP contribution in [0.25, 0.3) is 0 Å². The molecule has 0 amide bonds.